The lowest BCUT2D eigenvalue weighted by molar-refractivity contribution is 0.484. The monoisotopic (exact) mass is 235 g/mol. The Balaban J connectivity index is 1.78. The molecule has 0 atom stereocenters. The predicted molar refractivity (Wildman–Crippen MR) is 70.8 cm³/mol. The van der Waals surface area contributed by atoms with Crippen LogP contribution in [0.5, 0.6) is 11.5 Å². The highest BCUT2D eigenvalue weighted by atomic mass is 16.6. The fourth-order valence-corrected chi connectivity index (χ4v) is 2.29. The van der Waals surface area contributed by atoms with E-state index in [1.165, 1.54) is 5.39 Å². The second-order valence-electron chi connectivity index (χ2n) is 4.27. The molecule has 0 saturated heterocycles. The molecule has 86 valence electrons. The first-order valence-corrected chi connectivity index (χ1v) is 5.90. The Bertz CT molecular complexity index is 697. The van der Waals surface area contributed by atoms with E-state index >= 15 is 0 Å². The molecule has 4 rings (SSSR count). The maximum absolute atomic E-state index is 5.80. The Kier molecular flexibility index (Phi) is 1.91. The summed E-state index contributed by atoms with van der Waals surface area (Å²) < 4.78 is 13.6. The zero-order valence-electron chi connectivity index (χ0n) is 9.61. The minimum absolute atomic E-state index is 0.415. The maximum atomic E-state index is 5.80. The largest absolute Gasteiger partial charge is 0.742 e. The summed E-state index contributed by atoms with van der Waals surface area (Å²) in [6, 6.07) is 18.0. The van der Waals surface area contributed by atoms with Crippen LogP contribution in [-0.4, -0.2) is 11.7 Å². The molecule has 0 spiro atoms. The third-order valence-corrected chi connectivity index (χ3v) is 3.16. The number of rotatable bonds is 1. The molecular formula is C14H10BNO2. The van der Waals surface area contributed by atoms with Gasteiger partial charge in [0.05, 0.1) is 0 Å². The van der Waals surface area contributed by atoms with Gasteiger partial charge in [0.25, 0.3) is 0 Å². The van der Waals surface area contributed by atoms with Gasteiger partial charge >= 0.3 is 7.25 Å². The fourth-order valence-electron chi connectivity index (χ4n) is 2.29. The third-order valence-electron chi connectivity index (χ3n) is 3.16. The number of hydrogen-bond acceptors (Lipinski definition) is 2. The van der Waals surface area contributed by atoms with Gasteiger partial charge in [-0.2, -0.15) is 0 Å². The van der Waals surface area contributed by atoms with E-state index in [1.54, 1.807) is 0 Å². The SMILES string of the molecule is c1ccc2c(c1)OB(n1ccc3ccccc31)O2. The quantitative estimate of drug-likeness (QED) is 0.605. The van der Waals surface area contributed by atoms with Crippen molar-refractivity contribution in [2.45, 2.75) is 0 Å². The molecule has 2 heterocycles. The smallest absolute Gasteiger partial charge is 0.503 e. The first-order valence-electron chi connectivity index (χ1n) is 5.90. The van der Waals surface area contributed by atoms with Crippen molar-refractivity contribution in [2.75, 3.05) is 0 Å². The topological polar surface area (TPSA) is 23.4 Å². The number of para-hydroxylation sites is 3. The highest BCUT2D eigenvalue weighted by molar-refractivity contribution is 6.47. The van der Waals surface area contributed by atoms with E-state index in [0.717, 1.165) is 17.0 Å². The van der Waals surface area contributed by atoms with Crippen LogP contribution < -0.4 is 9.31 Å². The number of aromatic nitrogens is 1. The first-order chi connectivity index (χ1) is 8.92. The summed E-state index contributed by atoms with van der Waals surface area (Å²) in [5, 5.41) is 1.18. The van der Waals surface area contributed by atoms with Crippen molar-refractivity contribution in [1.29, 1.82) is 0 Å². The molecule has 0 bridgehead atoms. The molecule has 0 radical (unpaired) electrons. The van der Waals surface area contributed by atoms with E-state index in [9.17, 15) is 0 Å². The van der Waals surface area contributed by atoms with Crippen LogP contribution in [0.3, 0.4) is 0 Å². The van der Waals surface area contributed by atoms with Crippen LogP contribution in [0.15, 0.2) is 60.8 Å². The molecule has 0 unspecified atom stereocenters. The molecular weight excluding hydrogens is 225 g/mol. The molecule has 3 aromatic rings. The van der Waals surface area contributed by atoms with Gasteiger partial charge < -0.3 is 13.8 Å². The summed E-state index contributed by atoms with van der Waals surface area (Å²) in [4.78, 5) is 0. The number of fused-ring (bicyclic) bond motifs is 2. The van der Waals surface area contributed by atoms with Crippen molar-refractivity contribution >= 4 is 18.2 Å². The highest BCUT2D eigenvalue weighted by Crippen LogP contribution is 2.33. The van der Waals surface area contributed by atoms with Gasteiger partial charge in [-0.1, -0.05) is 30.3 Å². The van der Waals surface area contributed by atoms with Gasteiger partial charge in [-0.25, -0.2) is 0 Å². The van der Waals surface area contributed by atoms with E-state index < -0.39 is 7.25 Å². The van der Waals surface area contributed by atoms with Crippen molar-refractivity contribution in [3.63, 3.8) is 0 Å². The average Bonchev–Trinajstić information content (AvgIpc) is 3.02. The van der Waals surface area contributed by atoms with E-state index in [0.29, 0.717) is 0 Å². The molecule has 1 aliphatic heterocycles. The van der Waals surface area contributed by atoms with Crippen LogP contribution >= 0.6 is 0 Å². The number of hydrogen-bond donors (Lipinski definition) is 0. The minimum atomic E-state index is -0.415. The van der Waals surface area contributed by atoms with E-state index in [4.69, 9.17) is 9.31 Å². The average molecular weight is 235 g/mol. The molecule has 18 heavy (non-hydrogen) atoms. The Hall–Kier alpha value is -2.36. The van der Waals surface area contributed by atoms with Crippen molar-refractivity contribution in [3.05, 3.63) is 60.8 Å². The van der Waals surface area contributed by atoms with Crippen LogP contribution in [0, 0.1) is 0 Å². The van der Waals surface area contributed by atoms with Crippen LogP contribution in [0.25, 0.3) is 10.9 Å². The van der Waals surface area contributed by atoms with Gasteiger partial charge in [0.15, 0.2) is 0 Å². The van der Waals surface area contributed by atoms with Crippen molar-refractivity contribution < 1.29 is 9.31 Å². The predicted octanol–water partition coefficient (Wildman–Crippen LogP) is 2.95. The van der Waals surface area contributed by atoms with E-state index in [-0.39, 0.29) is 0 Å². The molecule has 3 nitrogen and oxygen atoms in total. The lowest BCUT2D eigenvalue weighted by Crippen LogP contribution is -2.33. The molecule has 1 aliphatic rings. The highest BCUT2D eigenvalue weighted by Gasteiger charge is 2.35. The van der Waals surface area contributed by atoms with E-state index in [1.807, 2.05) is 47.1 Å². The van der Waals surface area contributed by atoms with Gasteiger partial charge in [0.2, 0.25) is 0 Å². The molecule has 0 amide bonds. The summed E-state index contributed by atoms with van der Waals surface area (Å²) in [7, 11) is -0.415. The Morgan fingerprint density at radius 3 is 2.22 bits per heavy atom. The summed E-state index contributed by atoms with van der Waals surface area (Å²) in [5.74, 6) is 1.58. The van der Waals surface area contributed by atoms with Gasteiger partial charge in [-0.3, -0.25) is 0 Å². The normalized spacial score (nSPS) is 13.2. The fraction of sp³-hybridized carbons (Fsp3) is 0. The van der Waals surface area contributed by atoms with Gasteiger partial charge in [0.1, 0.15) is 11.5 Å². The second-order valence-corrected chi connectivity index (χ2v) is 4.27. The Morgan fingerprint density at radius 2 is 1.44 bits per heavy atom. The number of nitrogens with zero attached hydrogens (tertiary/aromatic N) is 1. The van der Waals surface area contributed by atoms with Crippen molar-refractivity contribution in [3.8, 4) is 11.5 Å². The zero-order valence-corrected chi connectivity index (χ0v) is 9.61. The lowest BCUT2D eigenvalue weighted by Gasteiger charge is -2.06. The third kappa shape index (κ3) is 1.32. The number of benzene rings is 2. The molecule has 0 fully saturated rings. The van der Waals surface area contributed by atoms with Crippen LogP contribution in [0.2, 0.25) is 0 Å². The first kappa shape index (κ1) is 9.65. The Morgan fingerprint density at radius 1 is 0.778 bits per heavy atom. The van der Waals surface area contributed by atoms with Gasteiger partial charge in [-0.05, 0) is 35.8 Å². The van der Waals surface area contributed by atoms with Gasteiger partial charge in [-0.15, -0.1) is 0 Å². The summed E-state index contributed by atoms with van der Waals surface area (Å²) in [6.07, 6.45) is 1.99. The van der Waals surface area contributed by atoms with Crippen molar-refractivity contribution in [2.24, 2.45) is 0 Å². The molecule has 2 aromatic carbocycles. The summed E-state index contributed by atoms with van der Waals surface area (Å²) in [6.45, 7) is 0. The standard InChI is InChI=1S/C14H10BNO2/c1-2-6-12-11(5-1)9-10-16(12)15-17-13-7-3-4-8-14(13)18-15/h1-10H. The molecule has 0 N–H and O–H groups in total. The second kappa shape index (κ2) is 3.57. The Labute approximate surface area is 105 Å². The minimum Gasteiger partial charge on any atom is -0.503 e. The van der Waals surface area contributed by atoms with Gasteiger partial charge in [0, 0.05) is 5.52 Å². The maximum Gasteiger partial charge on any atom is 0.742 e. The molecule has 4 heteroatoms. The van der Waals surface area contributed by atoms with Crippen LogP contribution in [0.1, 0.15) is 0 Å². The molecule has 1 aromatic heterocycles. The van der Waals surface area contributed by atoms with E-state index in [2.05, 4.69) is 18.2 Å². The van der Waals surface area contributed by atoms with Crippen molar-refractivity contribution in [1.82, 2.24) is 4.48 Å². The van der Waals surface area contributed by atoms with Crippen LogP contribution in [-0.2, 0) is 0 Å². The zero-order chi connectivity index (χ0) is 11.9. The lowest BCUT2D eigenvalue weighted by atomic mass is 10.1. The summed E-state index contributed by atoms with van der Waals surface area (Å²) >= 11 is 0. The molecule has 0 saturated carbocycles. The summed E-state index contributed by atoms with van der Waals surface area (Å²) in [5.41, 5.74) is 1.11. The van der Waals surface area contributed by atoms with Crippen LogP contribution in [0.4, 0.5) is 0 Å². The molecule has 0 aliphatic carbocycles.